The summed E-state index contributed by atoms with van der Waals surface area (Å²) in [6.45, 7) is 2.39. The highest BCUT2D eigenvalue weighted by molar-refractivity contribution is 5.82. The molecule has 0 saturated carbocycles. The molecule has 0 bridgehead atoms. The SMILES string of the molecule is CCO/N=C/c1ccccc1C#N. The summed E-state index contributed by atoms with van der Waals surface area (Å²) < 4.78 is 0. The predicted molar refractivity (Wildman–Crippen MR) is 50.4 cm³/mol. The lowest BCUT2D eigenvalue weighted by molar-refractivity contribution is 0.160. The van der Waals surface area contributed by atoms with Crippen LogP contribution in [0.5, 0.6) is 0 Å². The van der Waals surface area contributed by atoms with E-state index in [4.69, 9.17) is 10.1 Å². The van der Waals surface area contributed by atoms with Gasteiger partial charge in [0, 0.05) is 5.56 Å². The van der Waals surface area contributed by atoms with Gasteiger partial charge in [0.25, 0.3) is 0 Å². The lowest BCUT2D eigenvalue weighted by atomic mass is 10.1. The molecule has 0 N–H and O–H groups in total. The number of benzene rings is 1. The Kier molecular flexibility index (Phi) is 3.52. The molecule has 0 aliphatic heterocycles. The Bertz CT molecular complexity index is 339. The van der Waals surface area contributed by atoms with Gasteiger partial charge in [-0.1, -0.05) is 23.4 Å². The summed E-state index contributed by atoms with van der Waals surface area (Å²) in [5.41, 5.74) is 1.38. The van der Waals surface area contributed by atoms with E-state index in [0.29, 0.717) is 12.2 Å². The van der Waals surface area contributed by atoms with Gasteiger partial charge < -0.3 is 4.84 Å². The van der Waals surface area contributed by atoms with Gasteiger partial charge in [-0.15, -0.1) is 0 Å². The maximum absolute atomic E-state index is 8.72. The van der Waals surface area contributed by atoms with E-state index in [9.17, 15) is 0 Å². The average Bonchev–Trinajstić information content (AvgIpc) is 2.19. The van der Waals surface area contributed by atoms with E-state index in [0.717, 1.165) is 5.56 Å². The minimum absolute atomic E-state index is 0.533. The van der Waals surface area contributed by atoms with Crippen LogP contribution in [0.25, 0.3) is 0 Å². The summed E-state index contributed by atoms with van der Waals surface area (Å²) >= 11 is 0. The van der Waals surface area contributed by atoms with E-state index in [-0.39, 0.29) is 0 Å². The fourth-order valence-electron chi connectivity index (χ4n) is 0.880. The summed E-state index contributed by atoms with van der Waals surface area (Å²) in [5, 5.41) is 12.4. The smallest absolute Gasteiger partial charge is 0.114 e. The highest BCUT2D eigenvalue weighted by Crippen LogP contribution is 2.03. The number of oxime groups is 1. The minimum atomic E-state index is 0.533. The number of nitriles is 1. The largest absolute Gasteiger partial charge is 0.396 e. The normalized spacial score (nSPS) is 9.85. The molecule has 0 aliphatic carbocycles. The standard InChI is InChI=1S/C10H10N2O/c1-2-13-12-8-10-6-4-3-5-9(10)7-11/h3-6,8H,2H2,1H3/b12-8+. The molecule has 13 heavy (non-hydrogen) atoms. The van der Waals surface area contributed by atoms with Gasteiger partial charge in [-0.3, -0.25) is 0 Å². The second-order valence-corrected chi connectivity index (χ2v) is 2.35. The van der Waals surface area contributed by atoms with Crippen molar-refractivity contribution in [3.63, 3.8) is 0 Å². The fourth-order valence-corrected chi connectivity index (χ4v) is 0.880. The second kappa shape index (κ2) is 4.94. The molecule has 3 heteroatoms. The third kappa shape index (κ3) is 2.60. The van der Waals surface area contributed by atoms with Crippen LogP contribution in [-0.2, 0) is 4.84 Å². The molecule has 1 aromatic rings. The molecule has 0 fully saturated rings. The van der Waals surface area contributed by atoms with Gasteiger partial charge in [-0.05, 0) is 13.0 Å². The zero-order valence-corrected chi connectivity index (χ0v) is 7.40. The van der Waals surface area contributed by atoms with Crippen molar-refractivity contribution in [3.05, 3.63) is 35.4 Å². The average molecular weight is 174 g/mol. The fraction of sp³-hybridized carbons (Fsp3) is 0.200. The summed E-state index contributed by atoms with van der Waals surface area (Å²) in [6, 6.07) is 9.31. The predicted octanol–water partition coefficient (Wildman–Crippen LogP) is 1.93. The van der Waals surface area contributed by atoms with Crippen molar-refractivity contribution < 1.29 is 4.84 Å². The van der Waals surface area contributed by atoms with E-state index >= 15 is 0 Å². The van der Waals surface area contributed by atoms with Gasteiger partial charge >= 0.3 is 0 Å². The van der Waals surface area contributed by atoms with Crippen molar-refractivity contribution in [1.29, 1.82) is 5.26 Å². The summed E-state index contributed by atoms with van der Waals surface area (Å²) in [4.78, 5) is 4.80. The Balaban J connectivity index is 2.82. The molecule has 66 valence electrons. The van der Waals surface area contributed by atoms with E-state index in [1.54, 1.807) is 12.3 Å². The third-order valence-electron chi connectivity index (χ3n) is 1.48. The molecule has 0 unspecified atom stereocenters. The summed E-state index contributed by atoms with van der Waals surface area (Å²) in [5.74, 6) is 0. The molecule has 0 radical (unpaired) electrons. The molecule has 3 nitrogen and oxygen atoms in total. The molecule has 0 aromatic heterocycles. The molecular weight excluding hydrogens is 164 g/mol. The van der Waals surface area contributed by atoms with Gasteiger partial charge in [-0.25, -0.2) is 0 Å². The lowest BCUT2D eigenvalue weighted by Crippen LogP contribution is -1.88. The van der Waals surface area contributed by atoms with Gasteiger partial charge in [0.1, 0.15) is 6.61 Å². The van der Waals surface area contributed by atoms with Crippen LogP contribution in [0.4, 0.5) is 0 Å². The van der Waals surface area contributed by atoms with Crippen LogP contribution >= 0.6 is 0 Å². The molecule has 1 rings (SSSR count). The van der Waals surface area contributed by atoms with E-state index in [1.165, 1.54) is 0 Å². The minimum Gasteiger partial charge on any atom is -0.396 e. The lowest BCUT2D eigenvalue weighted by Gasteiger charge is -1.95. The highest BCUT2D eigenvalue weighted by atomic mass is 16.6. The maximum atomic E-state index is 8.72. The number of hydrogen-bond acceptors (Lipinski definition) is 3. The topological polar surface area (TPSA) is 45.4 Å². The third-order valence-corrected chi connectivity index (χ3v) is 1.48. The van der Waals surface area contributed by atoms with E-state index in [2.05, 4.69) is 11.2 Å². The van der Waals surface area contributed by atoms with Crippen molar-refractivity contribution in [2.75, 3.05) is 6.61 Å². The van der Waals surface area contributed by atoms with Crippen LogP contribution in [0.1, 0.15) is 18.1 Å². The first kappa shape index (κ1) is 9.27. The van der Waals surface area contributed by atoms with Crippen LogP contribution in [0.3, 0.4) is 0 Å². The van der Waals surface area contributed by atoms with Gasteiger partial charge in [-0.2, -0.15) is 5.26 Å². The Hall–Kier alpha value is -1.82. The molecular formula is C10H10N2O. The monoisotopic (exact) mass is 174 g/mol. The zero-order valence-electron chi connectivity index (χ0n) is 7.40. The number of nitrogens with zero attached hydrogens (tertiary/aromatic N) is 2. The molecule has 0 heterocycles. The quantitative estimate of drug-likeness (QED) is 0.519. The highest BCUT2D eigenvalue weighted by Gasteiger charge is 1.95. The van der Waals surface area contributed by atoms with E-state index in [1.807, 2.05) is 25.1 Å². The molecule has 0 spiro atoms. The van der Waals surface area contributed by atoms with Crippen molar-refractivity contribution in [2.24, 2.45) is 5.16 Å². The number of rotatable bonds is 3. The first-order chi connectivity index (χ1) is 6.38. The van der Waals surface area contributed by atoms with Crippen molar-refractivity contribution in [3.8, 4) is 6.07 Å². The molecule has 0 saturated heterocycles. The van der Waals surface area contributed by atoms with E-state index < -0.39 is 0 Å². The second-order valence-electron chi connectivity index (χ2n) is 2.35. The first-order valence-corrected chi connectivity index (χ1v) is 4.03. The Morgan fingerprint density at radius 3 is 3.00 bits per heavy atom. The summed E-state index contributed by atoms with van der Waals surface area (Å²) in [6.07, 6.45) is 1.54. The number of hydrogen-bond donors (Lipinski definition) is 0. The summed E-state index contributed by atoms with van der Waals surface area (Å²) in [7, 11) is 0. The Morgan fingerprint density at radius 2 is 2.31 bits per heavy atom. The first-order valence-electron chi connectivity index (χ1n) is 4.03. The van der Waals surface area contributed by atoms with Crippen LogP contribution in [0.2, 0.25) is 0 Å². The van der Waals surface area contributed by atoms with Crippen LogP contribution in [0.15, 0.2) is 29.4 Å². The molecule has 0 amide bonds. The van der Waals surface area contributed by atoms with Gasteiger partial charge in [0.2, 0.25) is 0 Å². The Labute approximate surface area is 77.2 Å². The molecule has 1 aromatic carbocycles. The zero-order chi connectivity index (χ0) is 9.52. The van der Waals surface area contributed by atoms with Crippen molar-refractivity contribution in [2.45, 2.75) is 6.92 Å². The van der Waals surface area contributed by atoms with Crippen LogP contribution < -0.4 is 0 Å². The molecule has 0 aliphatic rings. The van der Waals surface area contributed by atoms with Crippen LogP contribution in [-0.4, -0.2) is 12.8 Å². The van der Waals surface area contributed by atoms with Gasteiger partial charge in [0.15, 0.2) is 0 Å². The maximum Gasteiger partial charge on any atom is 0.114 e. The Morgan fingerprint density at radius 1 is 1.54 bits per heavy atom. The van der Waals surface area contributed by atoms with Crippen molar-refractivity contribution >= 4 is 6.21 Å². The van der Waals surface area contributed by atoms with Crippen LogP contribution in [0, 0.1) is 11.3 Å². The molecule has 0 atom stereocenters. The van der Waals surface area contributed by atoms with Gasteiger partial charge in [0.05, 0.1) is 17.8 Å². The van der Waals surface area contributed by atoms with Crippen molar-refractivity contribution in [1.82, 2.24) is 0 Å².